The third kappa shape index (κ3) is 2.98. The first kappa shape index (κ1) is 10.5. The summed E-state index contributed by atoms with van der Waals surface area (Å²) in [5, 5.41) is 0. The van der Waals surface area contributed by atoms with Gasteiger partial charge in [0.05, 0.1) is 0 Å². The van der Waals surface area contributed by atoms with Crippen LogP contribution in [-0.4, -0.2) is 6.29 Å². The zero-order valence-corrected chi connectivity index (χ0v) is 8.97. The number of rotatable bonds is 1. The van der Waals surface area contributed by atoms with Crippen LogP contribution in [0.25, 0.3) is 0 Å². The van der Waals surface area contributed by atoms with E-state index in [-0.39, 0.29) is 0 Å². The van der Waals surface area contributed by atoms with Gasteiger partial charge in [-0.05, 0) is 43.1 Å². The molecule has 1 aliphatic carbocycles. The highest BCUT2D eigenvalue weighted by molar-refractivity contribution is 5.66. The number of carbonyl (C=O) groups is 1. The Kier molecular flexibility index (Phi) is 3.29. The first-order chi connectivity index (χ1) is 6.04. The molecule has 0 amide bonds. The molecule has 0 aliphatic heterocycles. The molecule has 74 valence electrons. The molecule has 0 saturated heterocycles. The van der Waals surface area contributed by atoms with Gasteiger partial charge in [-0.1, -0.05) is 26.3 Å². The summed E-state index contributed by atoms with van der Waals surface area (Å²) in [4.78, 5) is 10.4. The molecule has 13 heavy (non-hydrogen) atoms. The minimum atomic E-state index is 0.391. The third-order valence-electron chi connectivity index (χ3n) is 3.09. The number of hydrogen-bond acceptors (Lipinski definition) is 1. The van der Waals surface area contributed by atoms with Crippen molar-refractivity contribution in [3.05, 3.63) is 11.6 Å². The van der Waals surface area contributed by atoms with Crippen molar-refractivity contribution in [1.82, 2.24) is 0 Å². The molecule has 1 nitrogen and oxygen atoms in total. The summed E-state index contributed by atoms with van der Waals surface area (Å²) >= 11 is 0. The maximum Gasteiger partial charge on any atom is 0.142 e. The maximum absolute atomic E-state index is 10.4. The molecule has 0 spiro atoms. The van der Waals surface area contributed by atoms with Crippen molar-refractivity contribution in [1.29, 1.82) is 0 Å². The highest BCUT2D eigenvalue weighted by atomic mass is 16.1. The Labute approximate surface area is 81.2 Å². The molecular weight excluding hydrogens is 160 g/mol. The van der Waals surface area contributed by atoms with Crippen molar-refractivity contribution in [2.45, 2.75) is 46.5 Å². The van der Waals surface area contributed by atoms with Gasteiger partial charge in [0.25, 0.3) is 0 Å². The lowest BCUT2D eigenvalue weighted by Crippen LogP contribution is -2.23. The lowest BCUT2D eigenvalue weighted by Gasteiger charge is -2.34. The number of carbonyl (C=O) groups excluding carboxylic acids is 1. The molecule has 1 fully saturated rings. The summed E-state index contributed by atoms with van der Waals surface area (Å²) < 4.78 is 0. The molecule has 0 heterocycles. The van der Waals surface area contributed by atoms with Gasteiger partial charge >= 0.3 is 0 Å². The van der Waals surface area contributed by atoms with Crippen LogP contribution < -0.4 is 0 Å². The van der Waals surface area contributed by atoms with E-state index in [1.54, 1.807) is 6.08 Å². The minimum Gasteiger partial charge on any atom is -0.299 e. The highest BCUT2D eigenvalue weighted by Gasteiger charge is 2.27. The van der Waals surface area contributed by atoms with Crippen LogP contribution in [-0.2, 0) is 4.79 Å². The van der Waals surface area contributed by atoms with E-state index in [9.17, 15) is 4.79 Å². The third-order valence-corrected chi connectivity index (χ3v) is 3.09. The first-order valence-corrected chi connectivity index (χ1v) is 5.17. The van der Waals surface area contributed by atoms with E-state index in [2.05, 4.69) is 20.8 Å². The van der Waals surface area contributed by atoms with Crippen molar-refractivity contribution >= 4 is 6.29 Å². The second-order valence-corrected chi connectivity index (χ2v) is 5.12. The van der Waals surface area contributed by atoms with Crippen LogP contribution in [0.3, 0.4) is 0 Å². The average molecular weight is 180 g/mol. The molecule has 0 N–H and O–H groups in total. The van der Waals surface area contributed by atoms with E-state index in [0.717, 1.165) is 25.0 Å². The van der Waals surface area contributed by atoms with Crippen molar-refractivity contribution in [3.63, 3.8) is 0 Å². The lowest BCUT2D eigenvalue weighted by molar-refractivity contribution is -0.104. The second-order valence-electron chi connectivity index (χ2n) is 5.12. The summed E-state index contributed by atoms with van der Waals surface area (Å²) in [7, 11) is 0. The summed E-state index contributed by atoms with van der Waals surface area (Å²) in [6, 6.07) is 0. The Morgan fingerprint density at radius 3 is 2.62 bits per heavy atom. The predicted octanol–water partition coefficient (Wildman–Crippen LogP) is 3.35. The average Bonchev–Trinajstić information content (AvgIpc) is 2.04. The fourth-order valence-electron chi connectivity index (χ4n) is 2.08. The van der Waals surface area contributed by atoms with Gasteiger partial charge in [0.1, 0.15) is 6.29 Å². The zero-order valence-electron chi connectivity index (χ0n) is 8.97. The molecule has 0 aromatic heterocycles. The molecule has 0 radical (unpaired) electrons. The predicted molar refractivity (Wildman–Crippen MR) is 55.6 cm³/mol. The summed E-state index contributed by atoms with van der Waals surface area (Å²) in [5.74, 6) is 0.757. The summed E-state index contributed by atoms with van der Waals surface area (Å²) in [6.45, 7) is 6.88. The number of allylic oxidation sites excluding steroid dienone is 2. The Balaban J connectivity index is 2.61. The molecular formula is C12H20O. The van der Waals surface area contributed by atoms with E-state index in [0.29, 0.717) is 5.41 Å². The topological polar surface area (TPSA) is 17.1 Å². The van der Waals surface area contributed by atoms with Gasteiger partial charge in [0.15, 0.2) is 0 Å². The standard InChI is InChI=1S/C12H20O/c1-12(2,3)11-6-4-5-10(9-11)7-8-13/h7-8,11H,4-6,9H2,1-3H3/b10-7+. The van der Waals surface area contributed by atoms with Gasteiger partial charge in [-0.25, -0.2) is 0 Å². The van der Waals surface area contributed by atoms with E-state index in [1.807, 2.05) is 0 Å². The molecule has 1 saturated carbocycles. The quantitative estimate of drug-likeness (QED) is 0.447. The van der Waals surface area contributed by atoms with Crippen molar-refractivity contribution in [3.8, 4) is 0 Å². The summed E-state index contributed by atoms with van der Waals surface area (Å²) in [6.07, 6.45) is 7.52. The van der Waals surface area contributed by atoms with Crippen LogP contribution in [0, 0.1) is 11.3 Å². The van der Waals surface area contributed by atoms with Gasteiger partial charge in [-0.2, -0.15) is 0 Å². The molecule has 1 atom stereocenters. The minimum absolute atomic E-state index is 0.391. The number of hydrogen-bond donors (Lipinski definition) is 0. The van der Waals surface area contributed by atoms with Crippen molar-refractivity contribution in [2.24, 2.45) is 11.3 Å². The fraction of sp³-hybridized carbons (Fsp3) is 0.750. The van der Waals surface area contributed by atoms with Gasteiger partial charge in [-0.3, -0.25) is 4.79 Å². The zero-order chi connectivity index (χ0) is 9.90. The molecule has 0 bridgehead atoms. The highest BCUT2D eigenvalue weighted by Crippen LogP contribution is 2.39. The Morgan fingerprint density at radius 1 is 1.38 bits per heavy atom. The van der Waals surface area contributed by atoms with E-state index in [1.165, 1.54) is 18.4 Å². The van der Waals surface area contributed by atoms with Crippen LogP contribution in [0.1, 0.15) is 46.5 Å². The first-order valence-electron chi connectivity index (χ1n) is 5.17. The van der Waals surface area contributed by atoms with Gasteiger partial charge in [0.2, 0.25) is 0 Å². The SMILES string of the molecule is CC(C)(C)C1CCC/C(=C\C=O)C1. The van der Waals surface area contributed by atoms with Crippen LogP contribution in [0.15, 0.2) is 11.6 Å². The Hall–Kier alpha value is -0.590. The molecule has 0 aromatic carbocycles. The Bertz CT molecular complexity index is 208. The van der Waals surface area contributed by atoms with Crippen LogP contribution in [0.2, 0.25) is 0 Å². The smallest absolute Gasteiger partial charge is 0.142 e. The molecule has 1 rings (SSSR count). The number of aldehydes is 1. The maximum atomic E-state index is 10.4. The van der Waals surface area contributed by atoms with Crippen molar-refractivity contribution < 1.29 is 4.79 Å². The van der Waals surface area contributed by atoms with Crippen LogP contribution >= 0.6 is 0 Å². The monoisotopic (exact) mass is 180 g/mol. The molecule has 1 unspecified atom stereocenters. The van der Waals surface area contributed by atoms with E-state index >= 15 is 0 Å². The molecule has 0 aromatic rings. The van der Waals surface area contributed by atoms with Gasteiger partial charge in [0, 0.05) is 0 Å². The summed E-state index contributed by atoms with van der Waals surface area (Å²) in [5.41, 5.74) is 1.74. The van der Waals surface area contributed by atoms with Crippen LogP contribution in [0.4, 0.5) is 0 Å². The second kappa shape index (κ2) is 4.08. The largest absolute Gasteiger partial charge is 0.299 e. The van der Waals surface area contributed by atoms with Gasteiger partial charge < -0.3 is 0 Å². The van der Waals surface area contributed by atoms with E-state index < -0.39 is 0 Å². The van der Waals surface area contributed by atoms with Crippen LogP contribution in [0.5, 0.6) is 0 Å². The fourth-order valence-corrected chi connectivity index (χ4v) is 2.08. The van der Waals surface area contributed by atoms with Crippen molar-refractivity contribution in [2.75, 3.05) is 0 Å². The van der Waals surface area contributed by atoms with Gasteiger partial charge in [-0.15, -0.1) is 0 Å². The van der Waals surface area contributed by atoms with E-state index in [4.69, 9.17) is 0 Å². The normalized spacial score (nSPS) is 27.6. The molecule has 1 aliphatic rings. The Morgan fingerprint density at radius 2 is 2.08 bits per heavy atom. The lowest BCUT2D eigenvalue weighted by atomic mass is 9.71. The molecule has 1 heteroatoms.